The van der Waals surface area contributed by atoms with E-state index < -0.39 is 10.0 Å². The highest BCUT2D eigenvalue weighted by Crippen LogP contribution is 2.28. The maximum atomic E-state index is 12.7. The van der Waals surface area contributed by atoms with E-state index >= 15 is 0 Å². The highest BCUT2D eigenvalue weighted by Gasteiger charge is 2.26. The van der Waals surface area contributed by atoms with Crippen LogP contribution in [0.4, 0.5) is 5.69 Å². The summed E-state index contributed by atoms with van der Waals surface area (Å²) < 4.78 is 28.1. The summed E-state index contributed by atoms with van der Waals surface area (Å²) in [6.07, 6.45) is 0.385. The zero-order valence-corrected chi connectivity index (χ0v) is 14.2. The molecule has 4 N–H and O–H groups in total. The van der Waals surface area contributed by atoms with Crippen molar-refractivity contribution in [3.63, 3.8) is 0 Å². The van der Waals surface area contributed by atoms with Gasteiger partial charge in [0.25, 0.3) is 0 Å². The first kappa shape index (κ1) is 17.9. The number of rotatable bonds is 6. The lowest BCUT2D eigenvalue weighted by molar-refractivity contribution is 0.256. The van der Waals surface area contributed by atoms with E-state index in [0.717, 1.165) is 5.56 Å². The number of nitrogens with one attached hydrogen (secondary N) is 1. The first-order valence-corrected chi connectivity index (χ1v) is 8.59. The molecular formula is C15H26N2O3S. The van der Waals surface area contributed by atoms with E-state index in [1.54, 1.807) is 19.9 Å². The van der Waals surface area contributed by atoms with Crippen LogP contribution in [0.3, 0.4) is 0 Å². The number of aliphatic hydroxyl groups excluding tert-OH is 1. The summed E-state index contributed by atoms with van der Waals surface area (Å²) in [5.74, 6) is 0.0923. The van der Waals surface area contributed by atoms with Crippen LogP contribution in [-0.4, -0.2) is 26.2 Å². The Balaban J connectivity index is 3.32. The topological polar surface area (TPSA) is 92.4 Å². The molecule has 0 aliphatic heterocycles. The van der Waals surface area contributed by atoms with Gasteiger partial charge in [-0.05, 0) is 55.9 Å². The van der Waals surface area contributed by atoms with Gasteiger partial charge >= 0.3 is 0 Å². The molecule has 0 radical (unpaired) electrons. The fourth-order valence-electron chi connectivity index (χ4n) is 2.37. The van der Waals surface area contributed by atoms with Crippen molar-refractivity contribution in [2.75, 3.05) is 12.3 Å². The van der Waals surface area contributed by atoms with Gasteiger partial charge < -0.3 is 10.8 Å². The molecule has 0 aliphatic rings. The summed E-state index contributed by atoms with van der Waals surface area (Å²) in [7, 11) is -3.67. The summed E-state index contributed by atoms with van der Waals surface area (Å²) in [4.78, 5) is 0.253. The molecule has 0 bridgehead atoms. The average molecular weight is 314 g/mol. The predicted molar refractivity (Wildman–Crippen MR) is 85.7 cm³/mol. The van der Waals surface area contributed by atoms with Gasteiger partial charge in [-0.3, -0.25) is 0 Å². The lowest BCUT2D eigenvalue weighted by Crippen LogP contribution is -2.39. The second-order valence-electron chi connectivity index (χ2n) is 5.85. The number of aryl methyl sites for hydroxylation is 1. The van der Waals surface area contributed by atoms with Crippen LogP contribution in [0.15, 0.2) is 11.0 Å². The molecule has 120 valence electrons. The first-order chi connectivity index (χ1) is 9.61. The second kappa shape index (κ2) is 6.77. The van der Waals surface area contributed by atoms with Crippen LogP contribution in [0.2, 0.25) is 0 Å². The molecule has 21 heavy (non-hydrogen) atoms. The van der Waals surface area contributed by atoms with Gasteiger partial charge in [0.05, 0.1) is 4.90 Å². The standard InChI is InChI=1S/C15H26N2O3S/c1-9(2)14(6-7-18)17-21(19,20)15-11(4)10(3)8-13(16)12(15)5/h8-9,14,17-18H,6-7,16H2,1-5H3. The van der Waals surface area contributed by atoms with Gasteiger partial charge in [0, 0.05) is 18.3 Å². The van der Waals surface area contributed by atoms with Gasteiger partial charge in [-0.1, -0.05) is 13.8 Å². The van der Waals surface area contributed by atoms with Crippen LogP contribution in [0.1, 0.15) is 37.0 Å². The molecule has 1 aromatic rings. The molecule has 5 nitrogen and oxygen atoms in total. The van der Waals surface area contributed by atoms with E-state index in [4.69, 9.17) is 10.8 Å². The van der Waals surface area contributed by atoms with Gasteiger partial charge in [0.1, 0.15) is 0 Å². The molecule has 1 rings (SSSR count). The molecule has 1 atom stereocenters. The van der Waals surface area contributed by atoms with Crippen LogP contribution in [0, 0.1) is 26.7 Å². The Hall–Kier alpha value is -1.11. The number of nitrogen functional groups attached to an aromatic ring is 1. The van der Waals surface area contributed by atoms with E-state index in [9.17, 15) is 8.42 Å². The maximum Gasteiger partial charge on any atom is 0.241 e. The lowest BCUT2D eigenvalue weighted by atomic mass is 10.0. The van der Waals surface area contributed by atoms with E-state index in [-0.39, 0.29) is 23.5 Å². The molecule has 1 aromatic carbocycles. The van der Waals surface area contributed by atoms with Gasteiger partial charge in [-0.25, -0.2) is 13.1 Å². The first-order valence-electron chi connectivity index (χ1n) is 7.11. The van der Waals surface area contributed by atoms with Crippen LogP contribution in [0.25, 0.3) is 0 Å². The van der Waals surface area contributed by atoms with E-state index in [1.165, 1.54) is 0 Å². The summed E-state index contributed by atoms with van der Waals surface area (Å²) in [6.45, 7) is 9.14. The highest BCUT2D eigenvalue weighted by atomic mass is 32.2. The SMILES string of the molecule is Cc1cc(N)c(C)c(S(=O)(=O)NC(CCO)C(C)C)c1C. The molecule has 0 saturated heterocycles. The van der Waals surface area contributed by atoms with Crippen LogP contribution in [0.5, 0.6) is 0 Å². The third kappa shape index (κ3) is 3.96. The third-order valence-corrected chi connectivity index (χ3v) is 5.66. The van der Waals surface area contributed by atoms with E-state index in [1.807, 2.05) is 20.8 Å². The minimum absolute atomic E-state index is 0.0563. The van der Waals surface area contributed by atoms with E-state index in [2.05, 4.69) is 4.72 Å². The number of nitrogens with two attached hydrogens (primary N) is 1. The highest BCUT2D eigenvalue weighted by molar-refractivity contribution is 7.89. The van der Waals surface area contributed by atoms with Crippen LogP contribution in [-0.2, 0) is 10.0 Å². The third-order valence-electron chi connectivity index (χ3n) is 3.90. The number of anilines is 1. The Labute approximate surface area is 127 Å². The van der Waals surface area contributed by atoms with Crippen molar-refractivity contribution in [3.05, 3.63) is 22.8 Å². The Morgan fingerprint density at radius 2 is 1.81 bits per heavy atom. The smallest absolute Gasteiger partial charge is 0.241 e. The zero-order chi connectivity index (χ0) is 16.4. The number of aliphatic hydroxyl groups is 1. The average Bonchev–Trinajstić information content (AvgIpc) is 2.35. The van der Waals surface area contributed by atoms with Crippen molar-refractivity contribution in [3.8, 4) is 0 Å². The van der Waals surface area contributed by atoms with Gasteiger partial charge in [0.2, 0.25) is 10.0 Å². The number of hydrogen-bond acceptors (Lipinski definition) is 4. The fourth-order valence-corrected chi connectivity index (χ4v) is 4.36. The molecule has 0 spiro atoms. The summed E-state index contributed by atoms with van der Waals surface area (Å²) >= 11 is 0. The van der Waals surface area contributed by atoms with Gasteiger partial charge in [0.15, 0.2) is 0 Å². The van der Waals surface area contributed by atoms with Crippen molar-refractivity contribution < 1.29 is 13.5 Å². The largest absolute Gasteiger partial charge is 0.398 e. The number of hydrogen-bond donors (Lipinski definition) is 3. The molecule has 0 fully saturated rings. The van der Waals surface area contributed by atoms with Crippen LogP contribution < -0.4 is 10.5 Å². The summed E-state index contributed by atoms with van der Waals surface area (Å²) in [5.41, 5.74) is 8.50. The molecule has 0 amide bonds. The summed E-state index contributed by atoms with van der Waals surface area (Å²) in [6, 6.07) is 1.48. The van der Waals surface area contributed by atoms with Crippen molar-refractivity contribution in [1.29, 1.82) is 0 Å². The minimum Gasteiger partial charge on any atom is -0.398 e. The minimum atomic E-state index is -3.67. The molecule has 0 heterocycles. The zero-order valence-electron chi connectivity index (χ0n) is 13.4. The molecular weight excluding hydrogens is 288 g/mol. The van der Waals surface area contributed by atoms with Crippen molar-refractivity contribution >= 4 is 15.7 Å². The maximum absolute atomic E-state index is 12.7. The van der Waals surface area contributed by atoms with Crippen LogP contribution >= 0.6 is 0 Å². The molecule has 6 heteroatoms. The summed E-state index contributed by atoms with van der Waals surface area (Å²) in [5, 5.41) is 9.10. The second-order valence-corrected chi connectivity index (χ2v) is 7.50. The Kier molecular flexibility index (Phi) is 5.78. The van der Waals surface area contributed by atoms with E-state index in [0.29, 0.717) is 23.2 Å². The Bertz CT molecular complexity index is 584. The molecule has 0 saturated carbocycles. The monoisotopic (exact) mass is 314 g/mol. The van der Waals surface area contributed by atoms with Crippen molar-refractivity contribution in [2.24, 2.45) is 5.92 Å². The normalized spacial score (nSPS) is 13.7. The quantitative estimate of drug-likeness (QED) is 0.699. The Morgan fingerprint density at radius 1 is 1.24 bits per heavy atom. The van der Waals surface area contributed by atoms with Crippen molar-refractivity contribution in [1.82, 2.24) is 4.72 Å². The van der Waals surface area contributed by atoms with Gasteiger partial charge in [-0.2, -0.15) is 0 Å². The van der Waals surface area contributed by atoms with Gasteiger partial charge in [-0.15, -0.1) is 0 Å². The van der Waals surface area contributed by atoms with Crippen molar-refractivity contribution in [2.45, 2.75) is 52.0 Å². The fraction of sp³-hybridized carbons (Fsp3) is 0.600. The predicted octanol–water partition coefficient (Wildman–Crippen LogP) is 1.88. The molecule has 1 unspecified atom stereocenters. The molecule has 0 aliphatic carbocycles. The number of benzene rings is 1. The Morgan fingerprint density at radius 3 is 2.29 bits per heavy atom. The molecule has 0 aromatic heterocycles. The number of sulfonamides is 1. The lowest BCUT2D eigenvalue weighted by Gasteiger charge is -2.23.